The van der Waals surface area contributed by atoms with Crippen molar-refractivity contribution in [2.75, 3.05) is 19.0 Å². The number of alkyl halides is 1. The Kier molecular flexibility index (Phi) is 7.14. The predicted molar refractivity (Wildman–Crippen MR) is 100 cm³/mol. The molecule has 1 heterocycles. The third kappa shape index (κ3) is 4.38. The largest absolute Gasteiger partial charge is 0.595 e. The Balaban J connectivity index is 2.73. The molecule has 0 amide bonds. The molecule has 146 valence electrons. The van der Waals surface area contributed by atoms with Crippen molar-refractivity contribution in [1.82, 2.24) is 5.32 Å². The van der Waals surface area contributed by atoms with Crippen LogP contribution in [0, 0.1) is 5.21 Å². The van der Waals surface area contributed by atoms with Crippen molar-refractivity contribution in [3.8, 4) is 0 Å². The van der Waals surface area contributed by atoms with Crippen molar-refractivity contribution < 1.29 is 29.5 Å². The molecule has 3 N–H and O–H groups in total. The van der Waals surface area contributed by atoms with E-state index >= 15 is 0 Å². The normalized spacial score (nSPS) is 18.1. The van der Waals surface area contributed by atoms with Gasteiger partial charge < -0.3 is 20.0 Å². The molecule has 0 aliphatic carbocycles. The molecule has 27 heavy (non-hydrogen) atoms. The maximum absolute atomic E-state index is 12.7. The topological polar surface area (TPSA) is 112 Å². The Bertz CT molecular complexity index is 803. The highest BCUT2D eigenvalue weighted by atomic mass is 79.9. The first-order valence-electron chi connectivity index (χ1n) is 8.21. The highest BCUT2D eigenvalue weighted by Gasteiger charge is 2.38. The second-order valence-corrected chi connectivity index (χ2v) is 6.33. The zero-order chi connectivity index (χ0) is 20.1. The first-order chi connectivity index (χ1) is 12.8. The Labute approximate surface area is 165 Å². The minimum absolute atomic E-state index is 0.0523. The monoisotopic (exact) mass is 440 g/mol. The molecule has 8 nitrogen and oxygen atoms in total. The SMILES string of the molecule is CCOC(=O)C1=C(CBr)NC(C)=C(C(=O)OC)[C@@H]1c1cccc([NH+]([O-])O)c1. The molecule has 0 radical (unpaired) electrons. The standard InChI is InChI=1S/C18H21BrN2O6/c1-4-27-18(23)16-13(9-19)20-10(2)14(17(22)26-3)15(16)11-6-5-7-12(8-11)21(24)25/h5-8,15,20-21,24H,4,9H2,1-3H3/t15-/m0/s1. The van der Waals surface area contributed by atoms with Crippen molar-refractivity contribution >= 4 is 33.6 Å². The van der Waals surface area contributed by atoms with Gasteiger partial charge >= 0.3 is 11.9 Å². The number of nitrogens with one attached hydrogen (secondary N) is 2. The van der Waals surface area contributed by atoms with E-state index in [4.69, 9.17) is 9.47 Å². The van der Waals surface area contributed by atoms with E-state index in [1.165, 1.54) is 19.2 Å². The fourth-order valence-corrected chi connectivity index (χ4v) is 3.46. The van der Waals surface area contributed by atoms with Crippen molar-refractivity contribution in [3.63, 3.8) is 0 Å². The maximum atomic E-state index is 12.7. The lowest BCUT2D eigenvalue weighted by Crippen LogP contribution is -2.99. The third-order valence-electron chi connectivity index (χ3n) is 4.15. The number of methoxy groups -OCH3 is 1. The molecule has 1 aliphatic heterocycles. The smallest absolute Gasteiger partial charge is 0.336 e. The van der Waals surface area contributed by atoms with Crippen LogP contribution in [0.1, 0.15) is 25.3 Å². The first kappa shape index (κ1) is 21.1. The van der Waals surface area contributed by atoms with Gasteiger partial charge in [-0.25, -0.2) is 14.8 Å². The minimum Gasteiger partial charge on any atom is -0.595 e. The van der Waals surface area contributed by atoms with Crippen LogP contribution in [-0.4, -0.2) is 36.2 Å². The molecule has 2 rings (SSSR count). The molecule has 1 unspecified atom stereocenters. The number of halogens is 1. The van der Waals surface area contributed by atoms with Gasteiger partial charge in [0.15, 0.2) is 5.69 Å². The van der Waals surface area contributed by atoms with E-state index in [9.17, 15) is 20.0 Å². The van der Waals surface area contributed by atoms with Crippen LogP contribution in [0.2, 0.25) is 0 Å². The summed E-state index contributed by atoms with van der Waals surface area (Å²) < 4.78 is 10.1. The molecule has 0 saturated carbocycles. The van der Waals surface area contributed by atoms with E-state index in [2.05, 4.69) is 21.2 Å². The number of ether oxygens (including phenoxy) is 2. The quantitative estimate of drug-likeness (QED) is 0.348. The summed E-state index contributed by atoms with van der Waals surface area (Å²) in [5.74, 6) is -2.01. The van der Waals surface area contributed by atoms with Crippen LogP contribution in [0.4, 0.5) is 5.69 Å². The van der Waals surface area contributed by atoms with Gasteiger partial charge in [-0.1, -0.05) is 28.1 Å². The number of quaternary nitrogens is 1. The second-order valence-electron chi connectivity index (χ2n) is 5.77. The van der Waals surface area contributed by atoms with Gasteiger partial charge in [0.1, 0.15) is 0 Å². The number of dihydropyridines is 1. The average molecular weight is 441 g/mol. The summed E-state index contributed by atoms with van der Waals surface area (Å²) in [5.41, 5.74) is 2.07. The van der Waals surface area contributed by atoms with Crippen molar-refractivity contribution in [3.05, 3.63) is 57.6 Å². The van der Waals surface area contributed by atoms with Crippen LogP contribution in [0.5, 0.6) is 0 Å². The lowest BCUT2D eigenvalue weighted by molar-refractivity contribution is -0.991. The molecule has 0 spiro atoms. The van der Waals surface area contributed by atoms with Crippen molar-refractivity contribution in [2.45, 2.75) is 19.8 Å². The number of hydrogen-bond acceptors (Lipinski definition) is 7. The van der Waals surface area contributed by atoms with Gasteiger partial charge in [0.25, 0.3) is 0 Å². The van der Waals surface area contributed by atoms with Crippen LogP contribution in [-0.2, 0) is 19.1 Å². The number of benzene rings is 1. The van der Waals surface area contributed by atoms with Gasteiger partial charge in [0.2, 0.25) is 0 Å². The summed E-state index contributed by atoms with van der Waals surface area (Å²) in [6, 6.07) is 6.13. The Hall–Kier alpha value is -2.20. The fraction of sp³-hybridized carbons (Fsp3) is 0.333. The highest BCUT2D eigenvalue weighted by Crippen LogP contribution is 2.40. The molecule has 0 saturated heterocycles. The highest BCUT2D eigenvalue weighted by molar-refractivity contribution is 9.09. The minimum atomic E-state index is -1.10. The second kappa shape index (κ2) is 9.14. The molecule has 0 bridgehead atoms. The predicted octanol–water partition coefficient (Wildman–Crippen LogP) is 1.44. The van der Waals surface area contributed by atoms with E-state index in [0.717, 1.165) is 0 Å². The van der Waals surface area contributed by atoms with Crippen molar-refractivity contribution in [1.29, 1.82) is 0 Å². The summed E-state index contributed by atoms with van der Waals surface area (Å²) in [6.07, 6.45) is 0. The maximum Gasteiger partial charge on any atom is 0.336 e. The van der Waals surface area contributed by atoms with Gasteiger partial charge in [-0.05, 0) is 19.4 Å². The van der Waals surface area contributed by atoms with Crippen LogP contribution >= 0.6 is 15.9 Å². The number of carbonyl (C=O) groups is 2. The molecular weight excluding hydrogens is 420 g/mol. The van der Waals surface area contributed by atoms with E-state index in [1.54, 1.807) is 26.0 Å². The number of rotatable bonds is 6. The fourth-order valence-electron chi connectivity index (χ4n) is 3.02. The lowest BCUT2D eigenvalue weighted by atomic mass is 9.80. The average Bonchev–Trinajstić information content (AvgIpc) is 2.66. The zero-order valence-corrected chi connectivity index (χ0v) is 16.8. The van der Waals surface area contributed by atoms with Gasteiger partial charge in [-0.2, -0.15) is 5.23 Å². The van der Waals surface area contributed by atoms with Gasteiger partial charge in [0.05, 0.1) is 30.8 Å². The Morgan fingerprint density at radius 2 is 2.04 bits per heavy atom. The summed E-state index contributed by atoms with van der Waals surface area (Å²) in [4.78, 5) is 25.2. The van der Waals surface area contributed by atoms with E-state index < -0.39 is 23.1 Å². The number of allylic oxidation sites excluding steroid dienone is 2. The molecule has 1 aromatic carbocycles. The van der Waals surface area contributed by atoms with Crippen molar-refractivity contribution in [2.24, 2.45) is 0 Å². The molecular formula is C18H21BrN2O6. The number of carbonyl (C=O) groups excluding carboxylic acids is 2. The van der Waals surface area contributed by atoms with Gasteiger partial charge in [0, 0.05) is 28.9 Å². The third-order valence-corrected chi connectivity index (χ3v) is 4.71. The number of hydrogen-bond donors (Lipinski definition) is 3. The van der Waals surface area contributed by atoms with E-state index in [1.807, 2.05) is 0 Å². The zero-order valence-electron chi connectivity index (χ0n) is 15.2. The molecule has 1 aliphatic rings. The number of esters is 2. The summed E-state index contributed by atoms with van der Waals surface area (Å²) in [7, 11) is 1.25. The summed E-state index contributed by atoms with van der Waals surface area (Å²) in [6.45, 7) is 3.55. The molecule has 2 atom stereocenters. The molecule has 0 aromatic heterocycles. The van der Waals surface area contributed by atoms with E-state index in [-0.39, 0.29) is 23.4 Å². The summed E-state index contributed by atoms with van der Waals surface area (Å²) >= 11 is 3.35. The van der Waals surface area contributed by atoms with Crippen LogP contribution < -0.4 is 10.5 Å². The molecule has 9 heteroatoms. The Morgan fingerprint density at radius 3 is 2.59 bits per heavy atom. The van der Waals surface area contributed by atoms with Gasteiger partial charge in [-0.15, -0.1) is 0 Å². The molecule has 1 aromatic rings. The summed E-state index contributed by atoms with van der Waals surface area (Å²) in [5, 5.41) is 23.0. The van der Waals surface area contributed by atoms with Crippen LogP contribution in [0.3, 0.4) is 0 Å². The Morgan fingerprint density at radius 1 is 1.33 bits per heavy atom. The molecule has 0 fully saturated rings. The van der Waals surface area contributed by atoms with Crippen LogP contribution in [0.25, 0.3) is 0 Å². The van der Waals surface area contributed by atoms with Crippen LogP contribution in [0.15, 0.2) is 46.8 Å². The lowest BCUT2D eigenvalue weighted by Gasteiger charge is -2.31. The van der Waals surface area contributed by atoms with E-state index in [0.29, 0.717) is 22.3 Å². The first-order valence-corrected chi connectivity index (χ1v) is 9.33. The van der Waals surface area contributed by atoms with Gasteiger partial charge in [-0.3, -0.25) is 0 Å².